The van der Waals surface area contributed by atoms with E-state index in [1.807, 2.05) is 6.07 Å². The van der Waals surface area contributed by atoms with E-state index >= 15 is 0 Å². The van der Waals surface area contributed by atoms with E-state index in [-0.39, 0.29) is 0 Å². The predicted octanol–water partition coefficient (Wildman–Crippen LogP) is 5.36. The van der Waals surface area contributed by atoms with E-state index < -0.39 is 0 Å². The second kappa shape index (κ2) is 7.94. The van der Waals surface area contributed by atoms with Gasteiger partial charge in [0.1, 0.15) is 5.75 Å². The number of methoxy groups -OCH3 is 1. The van der Waals surface area contributed by atoms with Gasteiger partial charge >= 0.3 is 0 Å². The van der Waals surface area contributed by atoms with E-state index in [4.69, 9.17) is 4.74 Å². The summed E-state index contributed by atoms with van der Waals surface area (Å²) in [5, 5.41) is 0. The SMILES string of the molecule is COc1ccccc1CC(Br)C1CCCCCCC1. The molecule has 0 saturated heterocycles. The van der Waals surface area contributed by atoms with Crippen LogP contribution in [0.3, 0.4) is 0 Å². The summed E-state index contributed by atoms with van der Waals surface area (Å²) in [6.07, 6.45) is 10.9. The minimum absolute atomic E-state index is 0.585. The van der Waals surface area contributed by atoms with Gasteiger partial charge in [0.2, 0.25) is 0 Å². The van der Waals surface area contributed by atoms with E-state index in [0.29, 0.717) is 4.83 Å². The summed E-state index contributed by atoms with van der Waals surface area (Å²) in [4.78, 5) is 0.585. The summed E-state index contributed by atoms with van der Waals surface area (Å²) in [6, 6.07) is 8.40. The van der Waals surface area contributed by atoms with Crippen LogP contribution in [0.5, 0.6) is 5.75 Å². The van der Waals surface area contributed by atoms with Crippen molar-refractivity contribution >= 4 is 15.9 Å². The molecule has 0 bridgehead atoms. The lowest BCUT2D eigenvalue weighted by Gasteiger charge is -2.25. The Labute approximate surface area is 125 Å². The van der Waals surface area contributed by atoms with E-state index in [1.54, 1.807) is 7.11 Å². The summed E-state index contributed by atoms with van der Waals surface area (Å²) in [6.45, 7) is 0. The first-order chi connectivity index (χ1) is 9.31. The van der Waals surface area contributed by atoms with Crippen LogP contribution in [-0.2, 0) is 6.42 Å². The van der Waals surface area contributed by atoms with Gasteiger partial charge < -0.3 is 4.74 Å². The number of alkyl halides is 1. The van der Waals surface area contributed by atoms with Crippen LogP contribution < -0.4 is 4.74 Å². The van der Waals surface area contributed by atoms with Crippen LogP contribution in [0.2, 0.25) is 0 Å². The van der Waals surface area contributed by atoms with Crippen LogP contribution in [0.15, 0.2) is 24.3 Å². The van der Waals surface area contributed by atoms with E-state index in [1.165, 1.54) is 50.5 Å². The monoisotopic (exact) mass is 324 g/mol. The third-order valence-electron chi connectivity index (χ3n) is 4.27. The Morgan fingerprint density at radius 3 is 2.42 bits per heavy atom. The fraction of sp³-hybridized carbons (Fsp3) is 0.647. The molecule has 1 aromatic carbocycles. The second-order valence-electron chi connectivity index (χ2n) is 5.64. The molecule has 2 heteroatoms. The highest BCUT2D eigenvalue weighted by molar-refractivity contribution is 9.09. The van der Waals surface area contributed by atoms with Crippen LogP contribution in [-0.4, -0.2) is 11.9 Å². The molecule has 2 rings (SSSR count). The Morgan fingerprint density at radius 1 is 1.11 bits per heavy atom. The summed E-state index contributed by atoms with van der Waals surface area (Å²) < 4.78 is 5.46. The number of para-hydroxylation sites is 1. The van der Waals surface area contributed by atoms with Gasteiger partial charge in [-0.2, -0.15) is 0 Å². The topological polar surface area (TPSA) is 9.23 Å². The van der Waals surface area contributed by atoms with Gasteiger partial charge in [0, 0.05) is 4.83 Å². The van der Waals surface area contributed by atoms with Crippen LogP contribution in [0, 0.1) is 5.92 Å². The molecule has 19 heavy (non-hydrogen) atoms. The molecule has 1 saturated carbocycles. The number of rotatable bonds is 4. The minimum Gasteiger partial charge on any atom is -0.496 e. The van der Waals surface area contributed by atoms with Crippen molar-refractivity contribution in [3.63, 3.8) is 0 Å². The van der Waals surface area contributed by atoms with Crippen molar-refractivity contribution in [1.82, 2.24) is 0 Å². The smallest absolute Gasteiger partial charge is 0.122 e. The van der Waals surface area contributed by atoms with Gasteiger partial charge in [0.25, 0.3) is 0 Å². The summed E-state index contributed by atoms with van der Waals surface area (Å²) in [5.41, 5.74) is 1.33. The Bertz CT molecular complexity index is 369. The third-order valence-corrected chi connectivity index (χ3v) is 5.34. The van der Waals surface area contributed by atoms with Gasteiger partial charge in [-0.25, -0.2) is 0 Å². The maximum Gasteiger partial charge on any atom is 0.122 e. The number of benzene rings is 1. The number of ether oxygens (including phenoxy) is 1. The third kappa shape index (κ3) is 4.52. The molecule has 1 aliphatic carbocycles. The largest absolute Gasteiger partial charge is 0.496 e. The normalized spacial score (nSPS) is 19.5. The first-order valence-corrected chi connectivity index (χ1v) is 8.49. The van der Waals surface area contributed by atoms with Gasteiger partial charge in [-0.1, -0.05) is 66.2 Å². The first-order valence-electron chi connectivity index (χ1n) is 7.57. The maximum atomic E-state index is 5.46. The zero-order chi connectivity index (χ0) is 13.5. The second-order valence-corrected chi connectivity index (χ2v) is 6.81. The molecule has 1 atom stereocenters. The molecule has 1 aromatic rings. The fourth-order valence-electron chi connectivity index (χ4n) is 3.10. The molecule has 0 radical (unpaired) electrons. The molecule has 0 heterocycles. The van der Waals surface area contributed by atoms with Crippen molar-refractivity contribution in [2.24, 2.45) is 5.92 Å². The zero-order valence-electron chi connectivity index (χ0n) is 11.9. The van der Waals surface area contributed by atoms with Crippen molar-refractivity contribution in [1.29, 1.82) is 0 Å². The van der Waals surface area contributed by atoms with Crippen LogP contribution in [0.25, 0.3) is 0 Å². The van der Waals surface area contributed by atoms with Gasteiger partial charge in [-0.15, -0.1) is 0 Å². The molecule has 0 N–H and O–H groups in total. The molecule has 0 amide bonds. The van der Waals surface area contributed by atoms with E-state index in [0.717, 1.165) is 18.1 Å². The Morgan fingerprint density at radius 2 is 1.74 bits per heavy atom. The first kappa shape index (κ1) is 14.9. The summed E-state index contributed by atoms with van der Waals surface area (Å²) in [7, 11) is 1.76. The molecular weight excluding hydrogens is 300 g/mol. The molecule has 0 spiro atoms. The molecular formula is C17H25BrO. The maximum absolute atomic E-state index is 5.46. The van der Waals surface area contributed by atoms with Crippen molar-refractivity contribution in [3.05, 3.63) is 29.8 Å². The van der Waals surface area contributed by atoms with Gasteiger partial charge in [-0.05, 0) is 36.8 Å². The predicted molar refractivity (Wildman–Crippen MR) is 85.2 cm³/mol. The molecule has 1 nitrogen and oxygen atoms in total. The van der Waals surface area contributed by atoms with E-state index in [9.17, 15) is 0 Å². The van der Waals surface area contributed by atoms with Crippen LogP contribution >= 0.6 is 15.9 Å². The average molecular weight is 325 g/mol. The number of hydrogen-bond donors (Lipinski definition) is 0. The summed E-state index contributed by atoms with van der Waals surface area (Å²) in [5.74, 6) is 1.85. The molecule has 1 unspecified atom stereocenters. The molecule has 0 aromatic heterocycles. The highest BCUT2D eigenvalue weighted by Gasteiger charge is 2.21. The van der Waals surface area contributed by atoms with Crippen molar-refractivity contribution in [2.45, 2.75) is 56.2 Å². The zero-order valence-corrected chi connectivity index (χ0v) is 13.5. The van der Waals surface area contributed by atoms with Crippen LogP contribution in [0.1, 0.15) is 50.5 Å². The van der Waals surface area contributed by atoms with Gasteiger partial charge in [0.05, 0.1) is 7.11 Å². The van der Waals surface area contributed by atoms with Crippen LogP contribution in [0.4, 0.5) is 0 Å². The molecule has 1 fully saturated rings. The number of halogens is 1. The van der Waals surface area contributed by atoms with Crippen molar-refractivity contribution in [2.75, 3.05) is 7.11 Å². The average Bonchev–Trinajstić information content (AvgIpc) is 2.38. The lowest BCUT2D eigenvalue weighted by Crippen LogP contribution is -2.18. The summed E-state index contributed by atoms with van der Waals surface area (Å²) >= 11 is 3.94. The quantitative estimate of drug-likeness (QED) is 0.677. The highest BCUT2D eigenvalue weighted by Crippen LogP contribution is 2.32. The van der Waals surface area contributed by atoms with E-state index in [2.05, 4.69) is 34.1 Å². The number of hydrogen-bond acceptors (Lipinski definition) is 1. The Balaban J connectivity index is 1.96. The molecule has 0 aliphatic heterocycles. The highest BCUT2D eigenvalue weighted by atomic mass is 79.9. The van der Waals surface area contributed by atoms with Crippen molar-refractivity contribution in [3.8, 4) is 5.75 Å². The van der Waals surface area contributed by atoms with Gasteiger partial charge in [0.15, 0.2) is 0 Å². The lowest BCUT2D eigenvalue weighted by atomic mass is 9.87. The Kier molecular flexibility index (Phi) is 6.22. The molecule has 1 aliphatic rings. The van der Waals surface area contributed by atoms with Gasteiger partial charge in [-0.3, -0.25) is 0 Å². The molecule has 106 valence electrons. The lowest BCUT2D eigenvalue weighted by molar-refractivity contribution is 0.366. The van der Waals surface area contributed by atoms with Crippen molar-refractivity contribution < 1.29 is 4.74 Å². The Hall–Kier alpha value is -0.500. The fourth-order valence-corrected chi connectivity index (χ4v) is 3.98. The standard InChI is InChI=1S/C17H25BrO/c1-19-17-12-8-7-11-15(17)13-16(18)14-9-5-3-2-4-6-10-14/h7-8,11-12,14,16H,2-6,9-10,13H2,1H3. The minimum atomic E-state index is 0.585.